The number of methoxy groups -OCH3 is 1. The molecule has 12 heavy (non-hydrogen) atoms. The minimum Gasteiger partial charge on any atom is -0.493 e. The van der Waals surface area contributed by atoms with Crippen molar-refractivity contribution in [3.05, 3.63) is 18.2 Å². The van der Waals surface area contributed by atoms with Gasteiger partial charge in [0.05, 0.1) is 13.7 Å². The molecule has 0 aliphatic rings. The maximum atomic E-state index is 5.38. The highest BCUT2D eigenvalue weighted by atomic mass is 16.5. The second-order valence-corrected chi connectivity index (χ2v) is 2.59. The summed E-state index contributed by atoms with van der Waals surface area (Å²) in [6.07, 6.45) is 0. The minimum atomic E-state index is 0.666. The molecule has 1 aromatic carbocycles. The van der Waals surface area contributed by atoms with E-state index >= 15 is 0 Å². The molecule has 3 heteroatoms. The second kappa shape index (κ2) is 4.05. The summed E-state index contributed by atoms with van der Waals surface area (Å²) in [5.74, 6) is 1.61. The smallest absolute Gasteiger partial charge is 0.160 e. The fourth-order valence-electron chi connectivity index (χ4n) is 1.05. The zero-order valence-electron chi connectivity index (χ0n) is 7.76. The molecule has 0 fully saturated rings. The molecule has 0 spiro atoms. The van der Waals surface area contributed by atoms with Gasteiger partial charge in [0, 0.05) is 0 Å². The van der Waals surface area contributed by atoms with Gasteiger partial charge in [0.15, 0.2) is 11.5 Å². The van der Waals surface area contributed by atoms with Crippen LogP contribution in [-0.4, -0.2) is 21.6 Å². The highest BCUT2D eigenvalue weighted by molar-refractivity contribution is 6.32. The summed E-state index contributed by atoms with van der Waals surface area (Å²) in [6, 6.07) is 5.89. The van der Waals surface area contributed by atoms with Crippen LogP contribution < -0.4 is 14.9 Å². The summed E-state index contributed by atoms with van der Waals surface area (Å²) in [5.41, 5.74) is 1.18. The zero-order valence-corrected chi connectivity index (χ0v) is 7.76. The fraction of sp³-hybridized carbons (Fsp3) is 0.333. The SMILES string of the molecule is Bc1ccc(OC)c(OCC)c1. The lowest BCUT2D eigenvalue weighted by Gasteiger charge is -2.09. The van der Waals surface area contributed by atoms with Gasteiger partial charge in [-0.3, -0.25) is 0 Å². The van der Waals surface area contributed by atoms with Crippen molar-refractivity contribution < 1.29 is 9.47 Å². The molecule has 1 aromatic rings. The Balaban J connectivity index is 2.95. The molecule has 2 nitrogen and oxygen atoms in total. The van der Waals surface area contributed by atoms with Crippen LogP contribution in [0, 0.1) is 0 Å². The highest BCUT2D eigenvalue weighted by Gasteiger charge is 2.01. The first-order valence-corrected chi connectivity index (χ1v) is 4.05. The number of hydrogen-bond acceptors (Lipinski definition) is 2. The molecule has 1 rings (SSSR count). The summed E-state index contributed by atoms with van der Waals surface area (Å²) >= 11 is 0. The molecule has 0 aromatic heterocycles. The van der Waals surface area contributed by atoms with Crippen molar-refractivity contribution in [2.24, 2.45) is 0 Å². The van der Waals surface area contributed by atoms with Gasteiger partial charge in [-0.2, -0.15) is 0 Å². The first-order valence-electron chi connectivity index (χ1n) is 4.05. The number of hydrogen-bond donors (Lipinski definition) is 0. The van der Waals surface area contributed by atoms with Crippen LogP contribution in [0.15, 0.2) is 18.2 Å². The lowest BCUT2D eigenvalue weighted by Crippen LogP contribution is -2.04. The molecule has 0 saturated heterocycles. The van der Waals surface area contributed by atoms with Crippen molar-refractivity contribution in [3.8, 4) is 11.5 Å². The van der Waals surface area contributed by atoms with E-state index in [2.05, 4.69) is 0 Å². The van der Waals surface area contributed by atoms with Crippen molar-refractivity contribution in [2.75, 3.05) is 13.7 Å². The van der Waals surface area contributed by atoms with Crippen LogP contribution in [0.5, 0.6) is 11.5 Å². The van der Waals surface area contributed by atoms with E-state index in [1.165, 1.54) is 5.46 Å². The van der Waals surface area contributed by atoms with E-state index in [9.17, 15) is 0 Å². The van der Waals surface area contributed by atoms with Gasteiger partial charge >= 0.3 is 0 Å². The van der Waals surface area contributed by atoms with Crippen LogP contribution in [0.3, 0.4) is 0 Å². The molecule has 0 atom stereocenters. The lowest BCUT2D eigenvalue weighted by atomic mass is 9.96. The molecular weight excluding hydrogens is 151 g/mol. The quantitative estimate of drug-likeness (QED) is 0.600. The van der Waals surface area contributed by atoms with Crippen molar-refractivity contribution in [2.45, 2.75) is 6.92 Å². The third kappa shape index (κ3) is 1.94. The first-order chi connectivity index (χ1) is 5.77. The fourth-order valence-corrected chi connectivity index (χ4v) is 1.05. The molecule has 0 aliphatic heterocycles. The molecule has 0 aliphatic carbocycles. The van der Waals surface area contributed by atoms with Gasteiger partial charge in [0.1, 0.15) is 7.85 Å². The third-order valence-corrected chi connectivity index (χ3v) is 1.62. The van der Waals surface area contributed by atoms with Crippen LogP contribution in [0.4, 0.5) is 0 Å². The summed E-state index contributed by atoms with van der Waals surface area (Å²) in [7, 11) is 3.68. The summed E-state index contributed by atoms with van der Waals surface area (Å²) < 4.78 is 10.5. The summed E-state index contributed by atoms with van der Waals surface area (Å²) in [5, 5.41) is 0. The van der Waals surface area contributed by atoms with Crippen LogP contribution in [-0.2, 0) is 0 Å². The van der Waals surface area contributed by atoms with Crippen LogP contribution in [0.2, 0.25) is 0 Å². The second-order valence-electron chi connectivity index (χ2n) is 2.59. The normalized spacial score (nSPS) is 9.50. The van der Waals surface area contributed by atoms with Crippen LogP contribution >= 0.6 is 0 Å². The van der Waals surface area contributed by atoms with E-state index in [1.807, 2.05) is 33.0 Å². The zero-order chi connectivity index (χ0) is 8.97. The Kier molecular flexibility index (Phi) is 3.03. The Morgan fingerprint density at radius 3 is 2.67 bits per heavy atom. The predicted molar refractivity (Wildman–Crippen MR) is 52.3 cm³/mol. The Morgan fingerprint density at radius 2 is 2.08 bits per heavy atom. The van der Waals surface area contributed by atoms with Crippen molar-refractivity contribution in [1.82, 2.24) is 0 Å². The van der Waals surface area contributed by atoms with Crippen LogP contribution in [0.1, 0.15) is 6.92 Å². The van der Waals surface area contributed by atoms with Gasteiger partial charge in [-0.15, -0.1) is 0 Å². The molecule has 0 N–H and O–H groups in total. The largest absolute Gasteiger partial charge is 0.493 e. The average molecular weight is 164 g/mol. The highest BCUT2D eigenvalue weighted by Crippen LogP contribution is 2.24. The monoisotopic (exact) mass is 164 g/mol. The third-order valence-electron chi connectivity index (χ3n) is 1.62. The molecule has 0 radical (unpaired) electrons. The van der Waals surface area contributed by atoms with Crippen molar-refractivity contribution in [3.63, 3.8) is 0 Å². The van der Waals surface area contributed by atoms with Crippen molar-refractivity contribution in [1.29, 1.82) is 0 Å². The van der Waals surface area contributed by atoms with E-state index in [0.29, 0.717) is 6.61 Å². The van der Waals surface area contributed by atoms with Gasteiger partial charge in [0.25, 0.3) is 0 Å². The Morgan fingerprint density at radius 1 is 1.33 bits per heavy atom. The average Bonchev–Trinajstić information content (AvgIpc) is 2.05. The van der Waals surface area contributed by atoms with Gasteiger partial charge in [-0.1, -0.05) is 11.5 Å². The maximum absolute atomic E-state index is 5.38. The minimum absolute atomic E-state index is 0.666. The van der Waals surface area contributed by atoms with E-state index in [1.54, 1.807) is 7.11 Å². The Hall–Kier alpha value is -1.12. The maximum Gasteiger partial charge on any atom is 0.160 e. The van der Waals surface area contributed by atoms with E-state index < -0.39 is 0 Å². The molecule has 0 heterocycles. The molecule has 0 unspecified atom stereocenters. The molecule has 0 bridgehead atoms. The first kappa shape index (κ1) is 8.98. The lowest BCUT2D eigenvalue weighted by molar-refractivity contribution is 0.311. The summed E-state index contributed by atoms with van der Waals surface area (Å²) in [6.45, 7) is 2.63. The molecule has 64 valence electrons. The van der Waals surface area contributed by atoms with E-state index in [-0.39, 0.29) is 0 Å². The van der Waals surface area contributed by atoms with Gasteiger partial charge in [-0.05, 0) is 19.1 Å². The van der Waals surface area contributed by atoms with Gasteiger partial charge < -0.3 is 9.47 Å². The molecular formula is C9H13BO2. The number of ether oxygens (including phenoxy) is 2. The predicted octanol–water partition coefficient (Wildman–Crippen LogP) is 0.352. The summed E-state index contributed by atoms with van der Waals surface area (Å²) in [4.78, 5) is 0. The van der Waals surface area contributed by atoms with Gasteiger partial charge in [0.2, 0.25) is 0 Å². The number of rotatable bonds is 3. The Bertz CT molecular complexity index is 261. The number of benzene rings is 1. The molecule has 0 saturated carbocycles. The van der Waals surface area contributed by atoms with Crippen molar-refractivity contribution >= 4 is 13.3 Å². The Labute approximate surface area is 73.9 Å². The standard InChI is InChI=1S/C9H13BO2/c1-3-12-9-6-7(10)4-5-8(9)11-2/h4-6H,3,10H2,1-2H3. The van der Waals surface area contributed by atoms with Gasteiger partial charge in [-0.25, -0.2) is 0 Å². The van der Waals surface area contributed by atoms with E-state index in [0.717, 1.165) is 11.5 Å². The topological polar surface area (TPSA) is 18.5 Å². The molecule has 0 amide bonds. The van der Waals surface area contributed by atoms with Crippen LogP contribution in [0.25, 0.3) is 0 Å². The van der Waals surface area contributed by atoms with E-state index in [4.69, 9.17) is 9.47 Å².